The Morgan fingerprint density at radius 1 is 1.57 bits per heavy atom. The number of phosphoric ester groups is 1. The summed E-state index contributed by atoms with van der Waals surface area (Å²) in [6, 6.07) is 0. The Hall–Kier alpha value is -2.31. The molecular weight excluding hydrogens is 397 g/mol. The van der Waals surface area contributed by atoms with E-state index in [2.05, 4.69) is 15.0 Å². The van der Waals surface area contributed by atoms with Crippen LogP contribution in [0.5, 0.6) is 0 Å². The van der Waals surface area contributed by atoms with Gasteiger partial charge in [-0.1, -0.05) is 6.92 Å². The fourth-order valence-corrected chi connectivity index (χ4v) is 4.17. The second-order valence-electron chi connectivity index (χ2n) is 6.38. The van der Waals surface area contributed by atoms with Gasteiger partial charge in [-0.15, -0.1) is 0 Å². The molecule has 4 rings (SSSR count). The van der Waals surface area contributed by atoms with Gasteiger partial charge >= 0.3 is 13.8 Å². The molecule has 2 aromatic rings. The zero-order valence-corrected chi connectivity index (χ0v) is 15.6. The number of aromatic nitrogens is 4. The number of fused-ring (bicyclic) bond motifs is 2. The molecule has 4 N–H and O–H groups in total. The van der Waals surface area contributed by atoms with E-state index in [0.717, 1.165) is 0 Å². The van der Waals surface area contributed by atoms with E-state index < -0.39 is 43.9 Å². The fraction of sp³-hybridized carbons (Fsp3) is 0.571. The first-order valence-electron chi connectivity index (χ1n) is 8.52. The van der Waals surface area contributed by atoms with Crippen LogP contribution in [0.3, 0.4) is 0 Å². The van der Waals surface area contributed by atoms with Crippen LogP contribution < -0.4 is 11.3 Å². The average Bonchev–Trinajstić information content (AvgIpc) is 3.16. The van der Waals surface area contributed by atoms with Crippen molar-refractivity contribution in [1.82, 2.24) is 19.5 Å². The molecule has 0 spiro atoms. The second-order valence-corrected chi connectivity index (χ2v) is 7.79. The lowest BCUT2D eigenvalue weighted by atomic mass is 10.1. The molecule has 2 aromatic heterocycles. The number of nitrogens with zero attached hydrogens (tertiary/aromatic N) is 3. The van der Waals surface area contributed by atoms with Gasteiger partial charge in [-0.25, -0.2) is 9.55 Å². The Labute approximate surface area is 157 Å². The second kappa shape index (κ2) is 6.94. The highest BCUT2D eigenvalue weighted by Gasteiger charge is 2.55. The first-order chi connectivity index (χ1) is 13.3. The summed E-state index contributed by atoms with van der Waals surface area (Å²) in [5, 5.41) is 0. The maximum Gasteiger partial charge on any atom is 0.472 e. The number of hydrogen-bond donors (Lipinski definition) is 3. The molecule has 0 saturated carbocycles. The largest absolute Gasteiger partial charge is 0.472 e. The summed E-state index contributed by atoms with van der Waals surface area (Å²) in [5.74, 6) is -0.659. The van der Waals surface area contributed by atoms with Crippen LogP contribution in [0.4, 0.5) is 5.95 Å². The number of nitrogen functional groups attached to an aromatic ring is 1. The lowest BCUT2D eigenvalue weighted by Crippen LogP contribution is -2.41. The van der Waals surface area contributed by atoms with Gasteiger partial charge in [0, 0.05) is 6.42 Å². The zero-order chi connectivity index (χ0) is 20.1. The number of phosphoric acid groups is 1. The van der Waals surface area contributed by atoms with E-state index >= 15 is 0 Å². The highest BCUT2D eigenvalue weighted by molar-refractivity contribution is 7.47. The van der Waals surface area contributed by atoms with Crippen molar-refractivity contribution in [3.8, 4) is 0 Å². The molecule has 2 saturated heterocycles. The third-order valence-corrected chi connectivity index (χ3v) is 5.37. The van der Waals surface area contributed by atoms with E-state index in [1.54, 1.807) is 0 Å². The molecule has 14 heteroatoms. The summed E-state index contributed by atoms with van der Waals surface area (Å²) in [6.45, 7) is 1.57. The van der Waals surface area contributed by atoms with E-state index in [9.17, 15) is 19.0 Å². The van der Waals surface area contributed by atoms with Crippen LogP contribution >= 0.6 is 7.82 Å². The summed E-state index contributed by atoms with van der Waals surface area (Å²) < 4.78 is 34.5. The van der Waals surface area contributed by atoms with E-state index in [1.807, 2.05) is 6.92 Å². The Balaban J connectivity index is 1.75. The van der Waals surface area contributed by atoms with Gasteiger partial charge in [-0.3, -0.25) is 28.2 Å². The number of carbonyl (C=O) groups excluding carboxylic acids is 1. The van der Waals surface area contributed by atoms with Crippen LogP contribution in [0, 0.1) is 0 Å². The van der Waals surface area contributed by atoms with Crippen molar-refractivity contribution in [2.24, 2.45) is 0 Å². The number of carbonyl (C=O) groups is 1. The molecule has 0 aliphatic carbocycles. The first-order valence-corrected chi connectivity index (χ1v) is 10.0. The predicted octanol–water partition coefficient (Wildman–Crippen LogP) is -0.173. The number of ether oxygens (including phenoxy) is 2. The number of esters is 1. The maximum atomic E-state index is 12.1. The molecule has 4 heterocycles. The van der Waals surface area contributed by atoms with Gasteiger partial charge in [0.25, 0.3) is 5.56 Å². The third-order valence-electron chi connectivity index (χ3n) is 4.39. The number of nitrogens with one attached hydrogen (secondary N) is 1. The van der Waals surface area contributed by atoms with Gasteiger partial charge in [0.1, 0.15) is 12.2 Å². The van der Waals surface area contributed by atoms with E-state index in [4.69, 9.17) is 24.3 Å². The normalized spacial score (nSPS) is 32.4. The molecule has 2 unspecified atom stereocenters. The van der Waals surface area contributed by atoms with Gasteiger partial charge in [-0.05, 0) is 6.42 Å². The van der Waals surface area contributed by atoms with Crippen molar-refractivity contribution in [3.05, 3.63) is 16.7 Å². The maximum absolute atomic E-state index is 12.1. The van der Waals surface area contributed by atoms with Crippen molar-refractivity contribution in [1.29, 1.82) is 0 Å². The number of H-pyrrole nitrogens is 1. The lowest BCUT2D eigenvalue weighted by Gasteiger charge is -2.29. The van der Waals surface area contributed by atoms with Gasteiger partial charge in [0.2, 0.25) is 5.95 Å². The monoisotopic (exact) mass is 415 g/mol. The summed E-state index contributed by atoms with van der Waals surface area (Å²) in [6.07, 6.45) is -1.96. The SMILES string of the molecule is CCCC(=O)O[C@H]1C2OP(=O)(O)OC[C@H]2O[C@H]1n1cnc2c(=O)[nH]c(N)nc21. The molecule has 0 amide bonds. The minimum atomic E-state index is -4.31. The minimum absolute atomic E-state index is 0.0105. The third kappa shape index (κ3) is 3.31. The van der Waals surface area contributed by atoms with Gasteiger partial charge in [-0.2, -0.15) is 4.98 Å². The Bertz CT molecular complexity index is 1020. The van der Waals surface area contributed by atoms with Crippen LogP contribution in [0.15, 0.2) is 11.1 Å². The number of imidazole rings is 1. The molecule has 2 aliphatic rings. The number of aromatic amines is 1. The quantitative estimate of drug-likeness (QED) is 0.445. The summed E-state index contributed by atoms with van der Waals surface area (Å²) in [7, 11) is -4.31. The highest BCUT2D eigenvalue weighted by atomic mass is 31.2. The average molecular weight is 415 g/mol. The molecule has 0 bridgehead atoms. The van der Waals surface area contributed by atoms with Crippen LogP contribution in [-0.4, -0.2) is 55.3 Å². The van der Waals surface area contributed by atoms with Gasteiger partial charge < -0.3 is 20.1 Å². The van der Waals surface area contributed by atoms with Crippen LogP contribution in [0.25, 0.3) is 11.2 Å². The molecule has 13 nitrogen and oxygen atoms in total. The minimum Gasteiger partial charge on any atom is -0.455 e. The molecule has 28 heavy (non-hydrogen) atoms. The summed E-state index contributed by atoms with van der Waals surface area (Å²) >= 11 is 0. The van der Waals surface area contributed by atoms with E-state index in [-0.39, 0.29) is 30.1 Å². The smallest absolute Gasteiger partial charge is 0.455 e. The Kier molecular flexibility index (Phi) is 4.71. The molecule has 2 aliphatic heterocycles. The van der Waals surface area contributed by atoms with Crippen molar-refractivity contribution >= 4 is 30.9 Å². The number of nitrogens with two attached hydrogens (primary N) is 1. The zero-order valence-electron chi connectivity index (χ0n) is 14.7. The Morgan fingerprint density at radius 2 is 2.36 bits per heavy atom. The van der Waals surface area contributed by atoms with Gasteiger partial charge in [0.05, 0.1) is 12.9 Å². The highest BCUT2D eigenvalue weighted by Crippen LogP contribution is 2.53. The predicted molar refractivity (Wildman–Crippen MR) is 91.9 cm³/mol. The van der Waals surface area contributed by atoms with Crippen molar-refractivity contribution in [2.75, 3.05) is 12.3 Å². The molecular formula is C14H18N5O8P. The molecule has 2 fully saturated rings. The van der Waals surface area contributed by atoms with Crippen LogP contribution in [-0.2, 0) is 27.9 Å². The van der Waals surface area contributed by atoms with E-state index in [1.165, 1.54) is 10.9 Å². The van der Waals surface area contributed by atoms with Crippen LogP contribution in [0.1, 0.15) is 26.0 Å². The van der Waals surface area contributed by atoms with E-state index in [0.29, 0.717) is 6.42 Å². The topological polar surface area (TPSA) is 181 Å². The van der Waals surface area contributed by atoms with Crippen molar-refractivity contribution in [3.63, 3.8) is 0 Å². The summed E-state index contributed by atoms with van der Waals surface area (Å²) in [5.41, 5.74) is 5.18. The van der Waals surface area contributed by atoms with Crippen LogP contribution in [0.2, 0.25) is 0 Å². The standard InChI is InChI=1S/C14H18N5O8P/c1-2-3-7(20)26-10-9-6(4-24-28(22,23)27-9)25-13(10)19-5-16-8-11(19)17-14(15)18-12(8)21/h5-6,9-10,13H,2-4H2,1H3,(H,22,23)(H3,15,17,18,21)/t6-,9?,10+,13-/m1/s1. The summed E-state index contributed by atoms with van der Waals surface area (Å²) in [4.78, 5) is 44.2. The van der Waals surface area contributed by atoms with Gasteiger partial charge in [0.15, 0.2) is 23.5 Å². The molecule has 0 radical (unpaired) electrons. The Morgan fingerprint density at radius 3 is 3.11 bits per heavy atom. The van der Waals surface area contributed by atoms with Crippen molar-refractivity contribution < 1.29 is 32.8 Å². The molecule has 5 atom stereocenters. The fourth-order valence-electron chi connectivity index (χ4n) is 3.21. The number of hydrogen-bond acceptors (Lipinski definition) is 10. The van der Waals surface area contributed by atoms with Crippen molar-refractivity contribution in [2.45, 2.75) is 44.3 Å². The lowest BCUT2D eigenvalue weighted by molar-refractivity contribution is -0.158. The first kappa shape index (κ1) is 19.0. The molecule has 152 valence electrons. The number of anilines is 1. The number of rotatable bonds is 4. The molecule has 0 aromatic carbocycles.